The van der Waals surface area contributed by atoms with E-state index in [2.05, 4.69) is 16.5 Å². The number of rotatable bonds is 3. The number of methoxy groups -OCH3 is 1. The van der Waals surface area contributed by atoms with Crippen LogP contribution in [0.4, 0.5) is 5.95 Å². The number of anilines is 1. The van der Waals surface area contributed by atoms with E-state index >= 15 is 0 Å². The van der Waals surface area contributed by atoms with Crippen LogP contribution in [0.15, 0.2) is 18.2 Å². The van der Waals surface area contributed by atoms with Gasteiger partial charge in [0.1, 0.15) is 5.75 Å². The molecule has 2 heterocycles. The Balaban J connectivity index is 1.99. The maximum absolute atomic E-state index is 6.10. The van der Waals surface area contributed by atoms with Gasteiger partial charge in [0.05, 0.1) is 18.1 Å². The van der Waals surface area contributed by atoms with Crippen molar-refractivity contribution in [1.82, 2.24) is 9.55 Å². The first-order chi connectivity index (χ1) is 9.61. The summed E-state index contributed by atoms with van der Waals surface area (Å²) in [4.78, 5) is 4.44. The molecule has 1 aromatic heterocycles. The van der Waals surface area contributed by atoms with Gasteiger partial charge in [0.2, 0.25) is 5.95 Å². The molecule has 108 valence electrons. The summed E-state index contributed by atoms with van der Waals surface area (Å²) in [6, 6.07) is 5.87. The average Bonchev–Trinajstić information content (AvgIpc) is 2.75. The summed E-state index contributed by atoms with van der Waals surface area (Å²) < 4.78 is 12.9. The monoisotopic (exact) mass is 275 g/mol. The molecule has 2 N–H and O–H groups in total. The molecule has 20 heavy (non-hydrogen) atoms. The molecule has 0 radical (unpaired) electrons. The molecule has 0 saturated carbocycles. The standard InChI is InChI=1S/C15H21N3O2/c1-15(5-7-20-8-6-15)10-18-13-9-11(19-2)3-4-12(13)17-14(18)16/h3-4,9H,5-8,10H2,1-2H3,(H2,16,17). The first kappa shape index (κ1) is 13.2. The Labute approximate surface area is 118 Å². The molecular weight excluding hydrogens is 254 g/mol. The van der Waals surface area contributed by atoms with Crippen LogP contribution in [-0.2, 0) is 11.3 Å². The smallest absolute Gasteiger partial charge is 0.201 e. The summed E-state index contributed by atoms with van der Waals surface area (Å²) in [5, 5.41) is 0. The molecule has 3 rings (SSSR count). The molecule has 1 fully saturated rings. The molecule has 0 unspecified atom stereocenters. The van der Waals surface area contributed by atoms with Gasteiger partial charge in [0.25, 0.3) is 0 Å². The number of ether oxygens (including phenoxy) is 2. The van der Waals surface area contributed by atoms with Crippen LogP contribution in [0.5, 0.6) is 5.75 Å². The van der Waals surface area contributed by atoms with E-state index in [-0.39, 0.29) is 5.41 Å². The number of benzene rings is 1. The molecule has 1 aromatic carbocycles. The number of aromatic nitrogens is 2. The van der Waals surface area contributed by atoms with Crippen molar-refractivity contribution in [2.24, 2.45) is 5.41 Å². The van der Waals surface area contributed by atoms with Gasteiger partial charge in [-0.2, -0.15) is 0 Å². The Hall–Kier alpha value is -1.75. The Morgan fingerprint density at radius 3 is 2.85 bits per heavy atom. The van der Waals surface area contributed by atoms with Crippen LogP contribution >= 0.6 is 0 Å². The van der Waals surface area contributed by atoms with Gasteiger partial charge in [-0.15, -0.1) is 0 Å². The lowest BCUT2D eigenvalue weighted by atomic mass is 9.82. The molecule has 0 aliphatic carbocycles. The van der Waals surface area contributed by atoms with Crippen LogP contribution in [0.3, 0.4) is 0 Å². The van der Waals surface area contributed by atoms with Crippen molar-refractivity contribution in [3.63, 3.8) is 0 Å². The second kappa shape index (κ2) is 4.98. The zero-order valence-electron chi connectivity index (χ0n) is 12.1. The van der Waals surface area contributed by atoms with Gasteiger partial charge in [-0.1, -0.05) is 6.92 Å². The van der Waals surface area contributed by atoms with E-state index in [9.17, 15) is 0 Å². The molecule has 0 amide bonds. The van der Waals surface area contributed by atoms with Crippen LogP contribution in [-0.4, -0.2) is 29.9 Å². The number of hydrogen-bond donors (Lipinski definition) is 1. The van der Waals surface area contributed by atoms with Crippen molar-refractivity contribution in [3.05, 3.63) is 18.2 Å². The minimum atomic E-state index is 0.211. The first-order valence-electron chi connectivity index (χ1n) is 6.99. The number of imidazole rings is 1. The number of hydrogen-bond acceptors (Lipinski definition) is 4. The van der Waals surface area contributed by atoms with Crippen molar-refractivity contribution in [3.8, 4) is 5.75 Å². The van der Waals surface area contributed by atoms with Gasteiger partial charge >= 0.3 is 0 Å². The predicted octanol–water partition coefficient (Wildman–Crippen LogP) is 2.44. The Bertz CT molecular complexity index is 615. The molecular formula is C15H21N3O2. The highest BCUT2D eigenvalue weighted by molar-refractivity contribution is 5.79. The largest absolute Gasteiger partial charge is 0.497 e. The third-order valence-electron chi connectivity index (χ3n) is 4.22. The summed E-state index contributed by atoms with van der Waals surface area (Å²) in [5.74, 6) is 1.40. The minimum Gasteiger partial charge on any atom is -0.497 e. The Morgan fingerprint density at radius 1 is 1.40 bits per heavy atom. The number of fused-ring (bicyclic) bond motifs is 1. The van der Waals surface area contributed by atoms with Gasteiger partial charge in [0.15, 0.2) is 0 Å². The average molecular weight is 275 g/mol. The van der Waals surface area contributed by atoms with Gasteiger partial charge in [-0.3, -0.25) is 0 Å². The van der Waals surface area contributed by atoms with Crippen LogP contribution < -0.4 is 10.5 Å². The van der Waals surface area contributed by atoms with E-state index in [1.165, 1.54) is 0 Å². The summed E-state index contributed by atoms with van der Waals surface area (Å²) in [5.41, 5.74) is 8.26. The van der Waals surface area contributed by atoms with Crippen LogP contribution in [0.25, 0.3) is 11.0 Å². The van der Waals surface area contributed by atoms with Gasteiger partial charge in [-0.25, -0.2) is 4.98 Å². The van der Waals surface area contributed by atoms with Crippen molar-refractivity contribution in [2.45, 2.75) is 26.3 Å². The molecule has 5 nitrogen and oxygen atoms in total. The molecule has 0 bridgehead atoms. The highest BCUT2D eigenvalue weighted by atomic mass is 16.5. The second-order valence-electron chi connectivity index (χ2n) is 5.83. The predicted molar refractivity (Wildman–Crippen MR) is 78.9 cm³/mol. The van der Waals surface area contributed by atoms with Gasteiger partial charge < -0.3 is 19.8 Å². The molecule has 5 heteroatoms. The van der Waals surface area contributed by atoms with Crippen molar-refractivity contribution in [2.75, 3.05) is 26.1 Å². The summed E-state index contributed by atoms with van der Waals surface area (Å²) in [7, 11) is 1.67. The van der Waals surface area contributed by atoms with Crippen molar-refractivity contribution in [1.29, 1.82) is 0 Å². The molecule has 1 aliphatic rings. The molecule has 2 aromatic rings. The summed E-state index contributed by atoms with van der Waals surface area (Å²) in [6.45, 7) is 4.81. The zero-order chi connectivity index (χ0) is 14.2. The summed E-state index contributed by atoms with van der Waals surface area (Å²) in [6.07, 6.45) is 2.10. The first-order valence-corrected chi connectivity index (χ1v) is 6.99. The molecule has 0 atom stereocenters. The fourth-order valence-corrected chi connectivity index (χ4v) is 2.82. The van der Waals surface area contributed by atoms with E-state index in [0.717, 1.165) is 49.4 Å². The fraction of sp³-hybridized carbons (Fsp3) is 0.533. The highest BCUT2D eigenvalue weighted by Crippen LogP contribution is 2.34. The Kier molecular flexibility index (Phi) is 3.30. The molecule has 1 aliphatic heterocycles. The maximum atomic E-state index is 6.10. The van der Waals surface area contributed by atoms with E-state index in [4.69, 9.17) is 15.2 Å². The topological polar surface area (TPSA) is 62.3 Å². The number of nitrogens with zero attached hydrogens (tertiary/aromatic N) is 2. The second-order valence-corrected chi connectivity index (χ2v) is 5.83. The Morgan fingerprint density at radius 2 is 2.15 bits per heavy atom. The quantitative estimate of drug-likeness (QED) is 0.934. The fourth-order valence-electron chi connectivity index (χ4n) is 2.82. The summed E-state index contributed by atoms with van der Waals surface area (Å²) >= 11 is 0. The van der Waals surface area contributed by atoms with E-state index < -0.39 is 0 Å². The zero-order valence-corrected chi connectivity index (χ0v) is 12.1. The van der Waals surface area contributed by atoms with E-state index in [1.807, 2.05) is 18.2 Å². The van der Waals surface area contributed by atoms with Crippen LogP contribution in [0, 0.1) is 5.41 Å². The lowest BCUT2D eigenvalue weighted by molar-refractivity contribution is 0.0163. The molecule has 0 spiro atoms. The van der Waals surface area contributed by atoms with Crippen molar-refractivity contribution >= 4 is 17.0 Å². The van der Waals surface area contributed by atoms with Crippen molar-refractivity contribution < 1.29 is 9.47 Å². The maximum Gasteiger partial charge on any atom is 0.201 e. The number of nitrogens with two attached hydrogens (primary N) is 1. The molecule has 1 saturated heterocycles. The number of nitrogen functional groups attached to an aromatic ring is 1. The van der Waals surface area contributed by atoms with E-state index in [0.29, 0.717) is 5.95 Å². The third-order valence-corrected chi connectivity index (χ3v) is 4.22. The normalized spacial score (nSPS) is 18.3. The van der Waals surface area contributed by atoms with E-state index in [1.54, 1.807) is 7.11 Å². The third kappa shape index (κ3) is 2.33. The highest BCUT2D eigenvalue weighted by Gasteiger charge is 2.29. The minimum absolute atomic E-state index is 0.211. The van der Waals surface area contributed by atoms with Crippen LogP contribution in [0.2, 0.25) is 0 Å². The van der Waals surface area contributed by atoms with Crippen LogP contribution in [0.1, 0.15) is 19.8 Å². The van der Waals surface area contributed by atoms with Gasteiger partial charge in [-0.05, 0) is 30.4 Å². The lowest BCUT2D eigenvalue weighted by Crippen LogP contribution is -2.31. The lowest BCUT2D eigenvalue weighted by Gasteiger charge is -2.34. The van der Waals surface area contributed by atoms with Gasteiger partial charge in [0, 0.05) is 25.8 Å². The SMILES string of the molecule is COc1ccc2nc(N)n(CC3(C)CCOCC3)c2c1.